The van der Waals surface area contributed by atoms with Crippen LogP contribution in [0.5, 0.6) is 0 Å². The zero-order chi connectivity index (χ0) is 13.0. The Morgan fingerprint density at radius 3 is 2.72 bits per heavy atom. The van der Waals surface area contributed by atoms with Crippen LogP contribution in [0.15, 0.2) is 24.3 Å². The number of benzene rings is 1. The van der Waals surface area contributed by atoms with Crippen LogP contribution >= 0.6 is 0 Å². The Labute approximate surface area is 109 Å². The third-order valence-corrected chi connectivity index (χ3v) is 3.51. The predicted octanol–water partition coefficient (Wildman–Crippen LogP) is 3.28. The van der Waals surface area contributed by atoms with Crippen LogP contribution in [0.4, 0.5) is 5.69 Å². The second kappa shape index (κ2) is 5.89. The lowest BCUT2D eigenvalue weighted by molar-refractivity contribution is -0.148. The minimum atomic E-state index is -0.182. The van der Waals surface area contributed by atoms with Gasteiger partial charge in [-0.25, -0.2) is 0 Å². The van der Waals surface area contributed by atoms with Crippen molar-refractivity contribution in [2.24, 2.45) is 0 Å². The molecule has 1 aromatic carbocycles. The highest BCUT2D eigenvalue weighted by atomic mass is 16.5. The van der Waals surface area contributed by atoms with Crippen molar-refractivity contribution in [3.8, 4) is 0 Å². The van der Waals surface area contributed by atoms with Crippen molar-refractivity contribution in [3.63, 3.8) is 0 Å². The van der Waals surface area contributed by atoms with E-state index in [9.17, 15) is 4.79 Å². The first-order valence-corrected chi connectivity index (χ1v) is 6.66. The van der Waals surface area contributed by atoms with Gasteiger partial charge in [-0.1, -0.05) is 24.6 Å². The van der Waals surface area contributed by atoms with Gasteiger partial charge in [0.25, 0.3) is 0 Å². The molecule has 0 amide bonds. The molecule has 1 N–H and O–H groups in total. The topological polar surface area (TPSA) is 38.3 Å². The maximum Gasteiger partial charge on any atom is 0.302 e. The van der Waals surface area contributed by atoms with Crippen molar-refractivity contribution >= 4 is 11.7 Å². The van der Waals surface area contributed by atoms with E-state index in [-0.39, 0.29) is 18.1 Å². The molecular formula is C15H21NO2. The molecule has 2 rings (SSSR count). The van der Waals surface area contributed by atoms with Gasteiger partial charge >= 0.3 is 5.97 Å². The van der Waals surface area contributed by atoms with E-state index < -0.39 is 0 Å². The first-order valence-electron chi connectivity index (χ1n) is 6.66. The van der Waals surface area contributed by atoms with Crippen molar-refractivity contribution in [2.45, 2.75) is 51.7 Å². The van der Waals surface area contributed by atoms with Crippen LogP contribution in [0.3, 0.4) is 0 Å². The normalized spacial score (nSPS) is 23.4. The van der Waals surface area contributed by atoms with Crippen molar-refractivity contribution in [2.75, 3.05) is 5.32 Å². The Hall–Kier alpha value is -1.51. The molecule has 98 valence electrons. The summed E-state index contributed by atoms with van der Waals surface area (Å²) in [5.41, 5.74) is 2.37. The third-order valence-electron chi connectivity index (χ3n) is 3.51. The molecule has 0 aliphatic heterocycles. The van der Waals surface area contributed by atoms with E-state index in [4.69, 9.17) is 4.74 Å². The summed E-state index contributed by atoms with van der Waals surface area (Å²) in [6.45, 7) is 3.57. The lowest BCUT2D eigenvalue weighted by Gasteiger charge is -2.32. The summed E-state index contributed by atoms with van der Waals surface area (Å²) in [7, 11) is 0. The largest absolute Gasteiger partial charge is 0.460 e. The van der Waals surface area contributed by atoms with E-state index >= 15 is 0 Å². The average Bonchev–Trinajstić information content (AvgIpc) is 2.34. The van der Waals surface area contributed by atoms with Gasteiger partial charge in [-0.3, -0.25) is 4.79 Å². The molecule has 0 unspecified atom stereocenters. The molecule has 1 aromatic rings. The Morgan fingerprint density at radius 1 is 1.28 bits per heavy atom. The fourth-order valence-corrected chi connectivity index (χ4v) is 2.55. The van der Waals surface area contributed by atoms with Gasteiger partial charge in [-0.2, -0.15) is 0 Å². The van der Waals surface area contributed by atoms with Gasteiger partial charge in [0.1, 0.15) is 6.10 Å². The minimum Gasteiger partial charge on any atom is -0.460 e. The highest BCUT2D eigenvalue weighted by Crippen LogP contribution is 2.26. The summed E-state index contributed by atoms with van der Waals surface area (Å²) in [4.78, 5) is 11.1. The molecule has 0 aromatic heterocycles. The van der Waals surface area contributed by atoms with Gasteiger partial charge < -0.3 is 10.1 Å². The second-order valence-electron chi connectivity index (χ2n) is 5.00. The predicted molar refractivity (Wildman–Crippen MR) is 72.6 cm³/mol. The lowest BCUT2D eigenvalue weighted by Crippen LogP contribution is -2.39. The van der Waals surface area contributed by atoms with Crippen LogP contribution in [0.1, 0.15) is 38.2 Å². The maximum atomic E-state index is 11.1. The van der Waals surface area contributed by atoms with Gasteiger partial charge in [-0.15, -0.1) is 0 Å². The van der Waals surface area contributed by atoms with Crippen LogP contribution in [0.25, 0.3) is 0 Å². The van der Waals surface area contributed by atoms with E-state index in [1.54, 1.807) is 0 Å². The number of hydrogen-bond donors (Lipinski definition) is 1. The van der Waals surface area contributed by atoms with Crippen molar-refractivity contribution < 1.29 is 9.53 Å². The third kappa shape index (κ3) is 3.25. The number of rotatable bonds is 3. The van der Waals surface area contributed by atoms with E-state index in [1.165, 1.54) is 18.9 Å². The van der Waals surface area contributed by atoms with E-state index in [2.05, 4.69) is 24.4 Å². The molecule has 1 aliphatic carbocycles. The number of hydrogen-bond acceptors (Lipinski definition) is 3. The highest BCUT2D eigenvalue weighted by Gasteiger charge is 2.27. The first kappa shape index (κ1) is 12.9. The van der Waals surface area contributed by atoms with Gasteiger partial charge in [0, 0.05) is 12.6 Å². The summed E-state index contributed by atoms with van der Waals surface area (Å²) < 4.78 is 5.41. The molecule has 18 heavy (non-hydrogen) atoms. The number of anilines is 1. The molecule has 2 atom stereocenters. The van der Waals surface area contributed by atoms with E-state index in [1.807, 2.05) is 12.1 Å². The van der Waals surface area contributed by atoms with Crippen LogP contribution in [0.2, 0.25) is 0 Å². The maximum absolute atomic E-state index is 11.1. The Kier molecular flexibility index (Phi) is 4.24. The molecule has 0 saturated heterocycles. The lowest BCUT2D eigenvalue weighted by atomic mass is 9.92. The number of nitrogens with one attached hydrogen (secondary N) is 1. The van der Waals surface area contributed by atoms with Crippen LogP contribution in [-0.4, -0.2) is 18.1 Å². The molecule has 1 fully saturated rings. The quantitative estimate of drug-likeness (QED) is 0.833. The van der Waals surface area contributed by atoms with E-state index in [0.717, 1.165) is 24.9 Å². The van der Waals surface area contributed by atoms with Crippen LogP contribution in [0, 0.1) is 6.92 Å². The molecule has 1 saturated carbocycles. The molecule has 3 nitrogen and oxygen atoms in total. The van der Waals surface area contributed by atoms with Crippen LogP contribution < -0.4 is 5.32 Å². The molecule has 0 bridgehead atoms. The summed E-state index contributed by atoms with van der Waals surface area (Å²) >= 11 is 0. The standard InChI is InChI=1S/C15H21NO2/c1-11-7-3-4-8-13(11)16-14-9-5-6-10-15(14)18-12(2)17/h3-4,7-8,14-16H,5-6,9-10H2,1-2H3/t14-,15-/m1/s1. The number of ether oxygens (including phenoxy) is 1. The average molecular weight is 247 g/mol. The molecular weight excluding hydrogens is 226 g/mol. The molecule has 0 spiro atoms. The van der Waals surface area contributed by atoms with Gasteiger partial charge in [-0.05, 0) is 37.8 Å². The van der Waals surface area contributed by atoms with E-state index in [0.29, 0.717) is 0 Å². The second-order valence-corrected chi connectivity index (χ2v) is 5.00. The number of carbonyl (C=O) groups is 1. The van der Waals surface area contributed by atoms with Gasteiger partial charge in [0.05, 0.1) is 6.04 Å². The number of para-hydroxylation sites is 1. The molecule has 1 aliphatic rings. The zero-order valence-corrected chi connectivity index (χ0v) is 11.1. The Balaban J connectivity index is 2.05. The monoisotopic (exact) mass is 247 g/mol. The van der Waals surface area contributed by atoms with Crippen LogP contribution in [-0.2, 0) is 9.53 Å². The first-order chi connectivity index (χ1) is 8.66. The fourth-order valence-electron chi connectivity index (χ4n) is 2.55. The smallest absolute Gasteiger partial charge is 0.302 e. The molecule has 0 heterocycles. The summed E-state index contributed by atoms with van der Waals surface area (Å²) in [6, 6.07) is 8.47. The minimum absolute atomic E-state index is 0.0101. The van der Waals surface area contributed by atoms with Crippen molar-refractivity contribution in [1.82, 2.24) is 0 Å². The van der Waals surface area contributed by atoms with Crippen molar-refractivity contribution in [1.29, 1.82) is 0 Å². The van der Waals surface area contributed by atoms with Crippen molar-refractivity contribution in [3.05, 3.63) is 29.8 Å². The Morgan fingerprint density at radius 2 is 2.00 bits per heavy atom. The summed E-state index contributed by atoms with van der Waals surface area (Å²) in [5.74, 6) is -0.182. The fraction of sp³-hybridized carbons (Fsp3) is 0.533. The molecule has 3 heteroatoms. The SMILES string of the molecule is CC(=O)O[C@@H]1CCCC[C@H]1Nc1ccccc1C. The summed E-state index contributed by atoms with van der Waals surface area (Å²) in [5, 5.41) is 3.53. The van der Waals surface area contributed by atoms with Gasteiger partial charge in [0.2, 0.25) is 0 Å². The molecule has 0 radical (unpaired) electrons. The zero-order valence-electron chi connectivity index (χ0n) is 11.1. The Bertz CT molecular complexity index is 417. The summed E-state index contributed by atoms with van der Waals surface area (Å²) in [6.07, 6.45) is 4.37. The number of carbonyl (C=O) groups excluding carboxylic acids is 1. The highest BCUT2D eigenvalue weighted by molar-refractivity contribution is 5.66. The number of esters is 1. The van der Waals surface area contributed by atoms with Gasteiger partial charge in [0.15, 0.2) is 0 Å². The number of aryl methyl sites for hydroxylation is 1.